The van der Waals surface area contributed by atoms with Gasteiger partial charge < -0.3 is 24.4 Å². The molecule has 0 aromatic rings. The molecule has 3 aliphatic heterocycles. The lowest BCUT2D eigenvalue weighted by atomic mass is 9.62. The quantitative estimate of drug-likeness (QED) is 0.425. The molecular formula is C24H36N2O6. The smallest absolute Gasteiger partial charge is 0.313 e. The number of carbonyl (C=O) groups excluding carboxylic acids is 3. The molecule has 3 heterocycles. The molecule has 1 N–H and O–H groups in total. The third-order valence-corrected chi connectivity index (χ3v) is 7.56. The van der Waals surface area contributed by atoms with Crippen LogP contribution in [0.15, 0.2) is 25.3 Å². The molecule has 0 saturated carbocycles. The van der Waals surface area contributed by atoms with Crippen LogP contribution in [0.5, 0.6) is 0 Å². The lowest BCUT2D eigenvalue weighted by molar-refractivity contribution is -0.163. The van der Waals surface area contributed by atoms with E-state index in [1.54, 1.807) is 17.9 Å². The Morgan fingerprint density at radius 3 is 2.53 bits per heavy atom. The van der Waals surface area contributed by atoms with Crippen LogP contribution in [0.3, 0.4) is 0 Å². The van der Waals surface area contributed by atoms with Gasteiger partial charge in [-0.1, -0.05) is 25.7 Å². The SMILES string of the molecule is C=CCOC(=O)[C@@H]1[C@H]2C(=O)N([C@H](C)CO)C(C(=O)N(CC=C)C(C)C)C23CC(C)[C@@]1(C)O3. The van der Waals surface area contributed by atoms with Gasteiger partial charge in [0.25, 0.3) is 0 Å². The molecule has 2 bridgehead atoms. The van der Waals surface area contributed by atoms with Crippen LogP contribution in [0.2, 0.25) is 0 Å². The Hall–Kier alpha value is -2.19. The van der Waals surface area contributed by atoms with Gasteiger partial charge in [-0.15, -0.1) is 6.58 Å². The standard InChI is InChI=1S/C24H36N2O6/c1-8-10-25(14(3)4)21(29)19-24-12-15(5)23(7,32-24)18(22(30)31-11-9-2)17(24)20(28)26(19)16(6)13-27/h8-9,14-19,27H,1-2,10-13H2,3-7H3/t15?,16-,17+,18+,19?,23-,24?/m1/s1. The Morgan fingerprint density at radius 2 is 2.00 bits per heavy atom. The monoisotopic (exact) mass is 448 g/mol. The van der Waals surface area contributed by atoms with E-state index >= 15 is 0 Å². The number of carbonyl (C=O) groups is 3. The zero-order chi connectivity index (χ0) is 24.0. The fourth-order valence-electron chi connectivity index (χ4n) is 5.96. The van der Waals surface area contributed by atoms with Crippen LogP contribution < -0.4 is 0 Å². The zero-order valence-electron chi connectivity index (χ0n) is 19.7. The van der Waals surface area contributed by atoms with E-state index in [4.69, 9.17) is 9.47 Å². The van der Waals surface area contributed by atoms with Gasteiger partial charge in [0.15, 0.2) is 0 Å². The summed E-state index contributed by atoms with van der Waals surface area (Å²) in [5.41, 5.74) is -2.08. The highest BCUT2D eigenvalue weighted by Crippen LogP contribution is 2.65. The number of ether oxygens (including phenoxy) is 2. The molecule has 3 rings (SSSR count). The molecule has 8 heteroatoms. The third kappa shape index (κ3) is 3.30. The second kappa shape index (κ2) is 8.63. The zero-order valence-corrected chi connectivity index (χ0v) is 19.7. The minimum absolute atomic E-state index is 0.0350. The molecule has 178 valence electrons. The van der Waals surface area contributed by atoms with Gasteiger partial charge in [-0.3, -0.25) is 14.4 Å². The summed E-state index contributed by atoms with van der Waals surface area (Å²) in [5.74, 6) is -2.87. The summed E-state index contributed by atoms with van der Waals surface area (Å²) in [6.45, 7) is 16.7. The molecular weight excluding hydrogens is 412 g/mol. The summed E-state index contributed by atoms with van der Waals surface area (Å²) in [7, 11) is 0. The molecule has 3 saturated heterocycles. The van der Waals surface area contributed by atoms with E-state index in [0.29, 0.717) is 13.0 Å². The molecule has 32 heavy (non-hydrogen) atoms. The van der Waals surface area contributed by atoms with Crippen LogP contribution >= 0.6 is 0 Å². The van der Waals surface area contributed by atoms with Gasteiger partial charge in [0.05, 0.1) is 24.2 Å². The number of hydrogen-bond acceptors (Lipinski definition) is 6. The van der Waals surface area contributed by atoms with Crippen molar-refractivity contribution >= 4 is 17.8 Å². The largest absolute Gasteiger partial charge is 0.461 e. The predicted octanol–water partition coefficient (Wildman–Crippen LogP) is 1.53. The fourth-order valence-corrected chi connectivity index (χ4v) is 5.96. The first-order chi connectivity index (χ1) is 15.0. The van der Waals surface area contributed by atoms with E-state index < -0.39 is 41.1 Å². The van der Waals surface area contributed by atoms with Crippen LogP contribution in [-0.2, 0) is 23.9 Å². The van der Waals surface area contributed by atoms with Crippen molar-refractivity contribution in [2.45, 2.75) is 70.4 Å². The molecule has 2 amide bonds. The van der Waals surface area contributed by atoms with Crippen LogP contribution in [0.4, 0.5) is 0 Å². The lowest BCUT2D eigenvalue weighted by Gasteiger charge is -2.39. The Kier molecular flexibility index (Phi) is 6.60. The Labute approximate surface area is 190 Å². The molecule has 3 fully saturated rings. The normalized spacial score (nSPS) is 36.2. The van der Waals surface area contributed by atoms with Crippen molar-refractivity contribution in [1.82, 2.24) is 9.80 Å². The summed E-state index contributed by atoms with van der Waals surface area (Å²) < 4.78 is 12.0. The maximum absolute atomic E-state index is 13.9. The number of likely N-dealkylation sites (tertiary alicyclic amines) is 1. The third-order valence-electron chi connectivity index (χ3n) is 7.56. The lowest BCUT2D eigenvalue weighted by Crippen LogP contribution is -2.59. The van der Waals surface area contributed by atoms with E-state index in [0.717, 1.165) is 0 Å². The Bertz CT molecular complexity index is 812. The summed E-state index contributed by atoms with van der Waals surface area (Å²) in [4.78, 5) is 43.9. The van der Waals surface area contributed by atoms with E-state index in [9.17, 15) is 19.5 Å². The van der Waals surface area contributed by atoms with Gasteiger partial charge in [0, 0.05) is 12.6 Å². The predicted molar refractivity (Wildman–Crippen MR) is 118 cm³/mol. The second-order valence-electron chi connectivity index (χ2n) is 9.77. The first-order valence-corrected chi connectivity index (χ1v) is 11.3. The Balaban J connectivity index is 2.14. The number of nitrogens with zero attached hydrogens (tertiary/aromatic N) is 2. The number of hydrogen-bond donors (Lipinski definition) is 1. The number of aliphatic hydroxyl groups excluding tert-OH is 1. The first-order valence-electron chi connectivity index (χ1n) is 11.3. The maximum Gasteiger partial charge on any atom is 0.313 e. The van der Waals surface area contributed by atoms with E-state index in [2.05, 4.69) is 13.2 Å². The summed E-state index contributed by atoms with van der Waals surface area (Å²) >= 11 is 0. The summed E-state index contributed by atoms with van der Waals surface area (Å²) in [5, 5.41) is 9.91. The van der Waals surface area contributed by atoms with Gasteiger partial charge >= 0.3 is 5.97 Å². The number of aliphatic hydroxyl groups is 1. The van der Waals surface area contributed by atoms with Crippen LogP contribution in [0, 0.1) is 17.8 Å². The molecule has 3 aliphatic rings. The van der Waals surface area contributed by atoms with Crippen molar-refractivity contribution in [2.75, 3.05) is 19.8 Å². The van der Waals surface area contributed by atoms with Crippen LogP contribution in [-0.4, -0.2) is 81.8 Å². The van der Waals surface area contributed by atoms with E-state index in [-0.39, 0.29) is 37.0 Å². The summed E-state index contributed by atoms with van der Waals surface area (Å²) in [6, 6.07) is -1.67. The van der Waals surface area contributed by atoms with Crippen molar-refractivity contribution in [2.24, 2.45) is 17.8 Å². The molecule has 0 aliphatic carbocycles. The molecule has 3 unspecified atom stereocenters. The molecule has 1 spiro atoms. The number of fused-ring (bicyclic) bond motifs is 1. The molecule has 0 radical (unpaired) electrons. The minimum Gasteiger partial charge on any atom is -0.461 e. The fraction of sp³-hybridized carbons (Fsp3) is 0.708. The highest BCUT2D eigenvalue weighted by Gasteiger charge is 2.80. The second-order valence-corrected chi connectivity index (χ2v) is 9.77. The number of rotatable bonds is 9. The topological polar surface area (TPSA) is 96.4 Å². The van der Waals surface area contributed by atoms with Crippen molar-refractivity contribution in [3.05, 3.63) is 25.3 Å². The van der Waals surface area contributed by atoms with Gasteiger partial charge in [0.1, 0.15) is 24.2 Å². The van der Waals surface area contributed by atoms with Crippen LogP contribution in [0.25, 0.3) is 0 Å². The van der Waals surface area contributed by atoms with Crippen LogP contribution in [0.1, 0.15) is 41.0 Å². The van der Waals surface area contributed by atoms with E-state index in [1.807, 2.05) is 27.7 Å². The van der Waals surface area contributed by atoms with Gasteiger partial charge in [-0.05, 0) is 40.0 Å². The first kappa shape index (κ1) is 24.5. The molecule has 8 nitrogen and oxygen atoms in total. The molecule has 0 aromatic heterocycles. The van der Waals surface area contributed by atoms with E-state index in [1.165, 1.54) is 11.0 Å². The van der Waals surface area contributed by atoms with Gasteiger partial charge in [0.2, 0.25) is 11.8 Å². The van der Waals surface area contributed by atoms with Crippen molar-refractivity contribution < 1.29 is 29.0 Å². The maximum atomic E-state index is 13.9. The van der Waals surface area contributed by atoms with Gasteiger partial charge in [-0.2, -0.15) is 0 Å². The van der Waals surface area contributed by atoms with Crippen molar-refractivity contribution in [3.8, 4) is 0 Å². The highest BCUT2D eigenvalue weighted by atomic mass is 16.6. The highest BCUT2D eigenvalue weighted by molar-refractivity contribution is 5.98. The Morgan fingerprint density at radius 1 is 1.34 bits per heavy atom. The summed E-state index contributed by atoms with van der Waals surface area (Å²) in [6.07, 6.45) is 3.60. The van der Waals surface area contributed by atoms with Crippen molar-refractivity contribution in [1.29, 1.82) is 0 Å². The van der Waals surface area contributed by atoms with Crippen molar-refractivity contribution in [3.63, 3.8) is 0 Å². The average molecular weight is 449 g/mol. The molecule has 0 aromatic carbocycles. The minimum atomic E-state index is -1.15. The number of amides is 2. The average Bonchev–Trinajstić information content (AvgIpc) is 3.26. The number of esters is 1. The van der Waals surface area contributed by atoms with Gasteiger partial charge in [-0.25, -0.2) is 0 Å². The molecule has 7 atom stereocenters.